The smallest absolute Gasteiger partial charge is 0.327 e. The fraction of sp³-hybridized carbons (Fsp3) is 0.333. The highest BCUT2D eigenvalue weighted by molar-refractivity contribution is 5.95. The molecule has 0 aliphatic heterocycles. The Morgan fingerprint density at radius 1 is 1.05 bits per heavy atom. The molecule has 1 amide bonds. The minimum absolute atomic E-state index is 0.00864. The third-order valence-electron chi connectivity index (χ3n) is 6.41. The van der Waals surface area contributed by atoms with Crippen LogP contribution in [0.1, 0.15) is 55.0 Å². The third kappa shape index (κ3) is 6.83. The summed E-state index contributed by atoms with van der Waals surface area (Å²) in [5.74, 6) is -0.124. The van der Waals surface area contributed by atoms with Crippen molar-refractivity contribution in [3.05, 3.63) is 59.4 Å². The number of benzene rings is 2. The van der Waals surface area contributed by atoms with E-state index in [1.165, 1.54) is 15.5 Å². The molecule has 2 aromatic heterocycles. The van der Waals surface area contributed by atoms with Gasteiger partial charge in [-0.1, -0.05) is 19.9 Å². The van der Waals surface area contributed by atoms with E-state index in [-0.39, 0.29) is 46.5 Å². The Balaban J connectivity index is 1.91. The van der Waals surface area contributed by atoms with Gasteiger partial charge in [0.15, 0.2) is 22.7 Å². The highest BCUT2D eigenvalue weighted by atomic mass is 16.5. The van der Waals surface area contributed by atoms with E-state index < -0.39 is 12.0 Å². The van der Waals surface area contributed by atoms with Crippen LogP contribution in [0, 0.1) is 18.3 Å². The fourth-order valence-electron chi connectivity index (χ4n) is 4.48. The predicted molar refractivity (Wildman–Crippen MR) is 159 cm³/mol. The van der Waals surface area contributed by atoms with Crippen molar-refractivity contribution >= 4 is 28.9 Å². The second kappa shape index (κ2) is 12.8. The number of nitrogens with two attached hydrogens (primary N) is 1. The molecule has 0 bridgehead atoms. The predicted octanol–water partition coefficient (Wildman–Crippen LogP) is 4.78. The molecule has 0 saturated carbocycles. The van der Waals surface area contributed by atoms with E-state index in [0.717, 1.165) is 0 Å². The van der Waals surface area contributed by atoms with Gasteiger partial charge in [-0.15, -0.1) is 0 Å². The van der Waals surface area contributed by atoms with Crippen molar-refractivity contribution in [2.24, 2.45) is 11.7 Å². The van der Waals surface area contributed by atoms with Crippen LogP contribution in [0.25, 0.3) is 11.2 Å². The fourth-order valence-corrected chi connectivity index (χ4v) is 4.48. The van der Waals surface area contributed by atoms with Crippen LogP contribution in [0.3, 0.4) is 0 Å². The maximum atomic E-state index is 12.6. The van der Waals surface area contributed by atoms with Crippen molar-refractivity contribution in [2.45, 2.75) is 40.2 Å². The van der Waals surface area contributed by atoms with Gasteiger partial charge in [0.05, 0.1) is 6.61 Å². The lowest BCUT2D eigenvalue weighted by Crippen LogP contribution is -2.22. The number of carboxylic acids is 1. The topological polar surface area (TPSA) is 179 Å². The van der Waals surface area contributed by atoms with E-state index >= 15 is 0 Å². The molecule has 43 heavy (non-hydrogen) atoms. The molecule has 1 atom stereocenters. The quantitative estimate of drug-likeness (QED) is 0.154. The highest BCUT2D eigenvalue weighted by Gasteiger charge is 2.28. The molecular weight excluding hydrogens is 554 g/mol. The number of aliphatic carboxylic acids is 1. The van der Waals surface area contributed by atoms with Crippen LogP contribution in [0.2, 0.25) is 0 Å². The first-order valence-corrected chi connectivity index (χ1v) is 13.7. The van der Waals surface area contributed by atoms with E-state index in [2.05, 4.69) is 15.0 Å². The van der Waals surface area contributed by atoms with E-state index in [1.807, 2.05) is 20.8 Å². The van der Waals surface area contributed by atoms with Crippen molar-refractivity contribution in [3.63, 3.8) is 0 Å². The minimum atomic E-state index is -1.04. The summed E-state index contributed by atoms with van der Waals surface area (Å²) in [6.07, 6.45) is 0.321. The number of amides is 1. The molecule has 1 unspecified atom stereocenters. The van der Waals surface area contributed by atoms with Crippen LogP contribution < -0.4 is 19.9 Å². The van der Waals surface area contributed by atoms with Gasteiger partial charge in [0, 0.05) is 25.2 Å². The van der Waals surface area contributed by atoms with Crippen molar-refractivity contribution in [2.75, 3.05) is 20.7 Å². The monoisotopic (exact) mass is 589 g/mol. The van der Waals surface area contributed by atoms with Crippen molar-refractivity contribution in [1.82, 2.24) is 24.4 Å². The van der Waals surface area contributed by atoms with E-state index in [0.29, 0.717) is 41.5 Å². The van der Waals surface area contributed by atoms with Gasteiger partial charge in [-0.05, 0) is 62.6 Å². The number of hydrogen-bond acceptors (Lipinski definition) is 9. The average molecular weight is 590 g/mol. The standard InChI is InChI=1S/C30H35N7O6/c1-7-41-22-12-11-18(25(31)32)15-23(22)43-30-34-26-24(33-17(4)37(26)21(29(39)40)13-16(2)3)27(35-30)42-20-10-8-9-19(14-20)28(38)36(5)6/h8-12,14-16,21H,7,13H2,1-6H3,(H3,31,32)(H,39,40). The zero-order chi connectivity index (χ0) is 31.4. The van der Waals surface area contributed by atoms with Crippen LogP contribution in [0.15, 0.2) is 42.5 Å². The van der Waals surface area contributed by atoms with Crippen molar-refractivity contribution < 1.29 is 28.9 Å². The second-order valence-corrected chi connectivity index (χ2v) is 10.4. The normalized spacial score (nSPS) is 11.8. The third-order valence-corrected chi connectivity index (χ3v) is 6.41. The lowest BCUT2D eigenvalue weighted by Gasteiger charge is -2.18. The molecule has 2 aromatic carbocycles. The zero-order valence-electron chi connectivity index (χ0n) is 24.9. The molecule has 4 rings (SSSR count). The summed E-state index contributed by atoms with van der Waals surface area (Å²) in [5.41, 5.74) is 6.89. The number of ether oxygens (including phenoxy) is 3. The summed E-state index contributed by atoms with van der Waals surface area (Å²) in [6.45, 7) is 7.70. The molecule has 0 saturated heterocycles. The van der Waals surface area contributed by atoms with Gasteiger partial charge in [0.2, 0.25) is 0 Å². The number of nitrogen functional groups attached to an aromatic ring is 1. The van der Waals surface area contributed by atoms with Crippen LogP contribution in [0.5, 0.6) is 29.1 Å². The number of imidazole rings is 1. The Labute approximate surface area is 248 Å². The summed E-state index contributed by atoms with van der Waals surface area (Å²) in [6, 6.07) is 10.2. The van der Waals surface area contributed by atoms with Gasteiger partial charge in [-0.3, -0.25) is 14.8 Å². The number of nitrogens with one attached hydrogen (secondary N) is 1. The summed E-state index contributed by atoms with van der Waals surface area (Å²) < 4.78 is 19.5. The first-order chi connectivity index (χ1) is 20.4. The van der Waals surface area contributed by atoms with Gasteiger partial charge in [0.1, 0.15) is 23.5 Å². The number of carbonyl (C=O) groups is 2. The second-order valence-electron chi connectivity index (χ2n) is 10.4. The lowest BCUT2D eigenvalue weighted by molar-refractivity contribution is -0.141. The summed E-state index contributed by atoms with van der Waals surface area (Å²) in [7, 11) is 3.30. The maximum absolute atomic E-state index is 12.6. The Hall–Kier alpha value is -5.20. The number of amidine groups is 1. The highest BCUT2D eigenvalue weighted by Crippen LogP contribution is 2.36. The summed E-state index contributed by atoms with van der Waals surface area (Å²) in [5, 5.41) is 18.0. The number of hydrogen-bond donors (Lipinski definition) is 3. The Kier molecular flexibility index (Phi) is 9.12. The van der Waals surface area contributed by atoms with Gasteiger partial charge in [0.25, 0.3) is 11.8 Å². The van der Waals surface area contributed by atoms with Gasteiger partial charge in [-0.25, -0.2) is 9.78 Å². The molecule has 0 aliphatic rings. The molecular formula is C30H35N7O6. The van der Waals surface area contributed by atoms with Gasteiger partial charge in [-0.2, -0.15) is 9.97 Å². The molecule has 226 valence electrons. The number of carbonyl (C=O) groups excluding carboxylic acids is 1. The molecule has 0 spiro atoms. The van der Waals surface area contributed by atoms with Crippen molar-refractivity contribution in [1.29, 1.82) is 5.41 Å². The lowest BCUT2D eigenvalue weighted by atomic mass is 10.0. The average Bonchev–Trinajstić information content (AvgIpc) is 3.27. The largest absolute Gasteiger partial charge is 0.490 e. The van der Waals surface area contributed by atoms with Gasteiger partial charge < -0.3 is 30.0 Å². The molecule has 4 aromatic rings. The Morgan fingerprint density at radius 2 is 1.79 bits per heavy atom. The minimum Gasteiger partial charge on any atom is -0.490 e. The van der Waals surface area contributed by atoms with E-state index in [9.17, 15) is 14.7 Å². The molecule has 13 nitrogen and oxygen atoms in total. The van der Waals surface area contributed by atoms with Crippen molar-refractivity contribution in [3.8, 4) is 29.1 Å². The molecule has 0 fully saturated rings. The molecule has 13 heteroatoms. The van der Waals surface area contributed by atoms with Crippen LogP contribution >= 0.6 is 0 Å². The first-order valence-electron chi connectivity index (χ1n) is 13.7. The Morgan fingerprint density at radius 3 is 2.42 bits per heavy atom. The molecule has 2 heterocycles. The Bertz CT molecular complexity index is 1680. The van der Waals surface area contributed by atoms with E-state index in [4.69, 9.17) is 25.4 Å². The van der Waals surface area contributed by atoms with Crippen LogP contribution in [0.4, 0.5) is 0 Å². The SMILES string of the molecule is CCOc1ccc(C(=N)N)cc1Oc1nc(Oc2cccc(C(=O)N(C)C)c2)c2nc(C)n(C(CC(C)C)C(=O)O)c2n1. The molecule has 4 N–H and O–H groups in total. The summed E-state index contributed by atoms with van der Waals surface area (Å²) in [4.78, 5) is 40.1. The molecule has 0 aliphatic carbocycles. The van der Waals surface area contributed by atoms with E-state index in [1.54, 1.807) is 57.4 Å². The van der Waals surface area contributed by atoms with Crippen LogP contribution in [-0.4, -0.2) is 67.9 Å². The molecule has 0 radical (unpaired) electrons. The number of aromatic nitrogens is 4. The number of fused-ring (bicyclic) bond motifs is 1. The zero-order valence-corrected chi connectivity index (χ0v) is 24.9. The number of carboxylic acid groups (broad SMARTS) is 1. The number of rotatable bonds is 12. The number of nitrogens with zero attached hydrogens (tertiary/aromatic N) is 5. The van der Waals surface area contributed by atoms with Crippen LogP contribution in [-0.2, 0) is 4.79 Å². The number of aryl methyl sites for hydroxylation is 1. The van der Waals surface area contributed by atoms with Gasteiger partial charge >= 0.3 is 12.0 Å². The summed E-state index contributed by atoms with van der Waals surface area (Å²) >= 11 is 0. The maximum Gasteiger partial charge on any atom is 0.327 e. The first kappa shape index (κ1) is 30.8.